The molecule has 0 spiro atoms. The molecule has 0 aliphatic carbocycles. The number of carbonyl (C=O) groups is 1. The van der Waals surface area contributed by atoms with E-state index in [1.807, 2.05) is 36.4 Å². The number of carbonyl (C=O) groups excluding carboxylic acids is 1. The average Bonchev–Trinajstić information content (AvgIpc) is 2.62. The smallest absolute Gasteiger partial charge is 0.224 e. The zero-order valence-electron chi connectivity index (χ0n) is 14.7. The Hall–Kier alpha value is -2.81. The van der Waals surface area contributed by atoms with E-state index in [4.69, 9.17) is 4.74 Å². The first-order valence-electron chi connectivity index (χ1n) is 8.54. The Bertz CT molecular complexity index is 881. The molecular weight excluding hydrogens is 310 g/mol. The molecule has 3 nitrogen and oxygen atoms in total. The maximum atomic E-state index is 12.3. The fourth-order valence-electron chi connectivity index (χ4n) is 3.12. The van der Waals surface area contributed by atoms with Crippen LogP contribution in [-0.4, -0.2) is 19.6 Å². The van der Waals surface area contributed by atoms with Gasteiger partial charge in [0.05, 0.1) is 13.5 Å². The van der Waals surface area contributed by atoms with Crippen molar-refractivity contribution >= 4 is 16.7 Å². The first-order chi connectivity index (χ1) is 12.2. The number of fused-ring (bicyclic) bond motifs is 1. The third-order valence-corrected chi connectivity index (χ3v) is 4.38. The van der Waals surface area contributed by atoms with Crippen molar-refractivity contribution in [3.05, 3.63) is 77.4 Å². The van der Waals surface area contributed by atoms with Gasteiger partial charge in [-0.15, -0.1) is 0 Å². The third kappa shape index (κ3) is 4.18. The van der Waals surface area contributed by atoms with E-state index in [-0.39, 0.29) is 5.91 Å². The lowest BCUT2D eigenvalue weighted by Crippen LogP contribution is -2.27. The van der Waals surface area contributed by atoms with Crippen molar-refractivity contribution in [3.63, 3.8) is 0 Å². The average molecular weight is 333 g/mol. The van der Waals surface area contributed by atoms with Gasteiger partial charge < -0.3 is 10.1 Å². The molecule has 1 amide bonds. The molecule has 0 radical (unpaired) electrons. The molecule has 3 aromatic rings. The SMILES string of the molecule is COc1ccc(C)cc1CCNC(=O)Cc1cccc2ccccc12. The number of amides is 1. The summed E-state index contributed by atoms with van der Waals surface area (Å²) in [5.74, 6) is 0.914. The van der Waals surface area contributed by atoms with Gasteiger partial charge in [-0.25, -0.2) is 0 Å². The molecule has 0 saturated heterocycles. The van der Waals surface area contributed by atoms with E-state index < -0.39 is 0 Å². The Labute approximate surface area is 148 Å². The molecule has 3 rings (SSSR count). The van der Waals surface area contributed by atoms with Gasteiger partial charge >= 0.3 is 0 Å². The lowest BCUT2D eigenvalue weighted by molar-refractivity contribution is -0.120. The third-order valence-electron chi connectivity index (χ3n) is 4.38. The maximum absolute atomic E-state index is 12.3. The van der Waals surface area contributed by atoms with Gasteiger partial charge in [0.1, 0.15) is 5.75 Å². The molecule has 0 aliphatic rings. The number of hydrogen-bond acceptors (Lipinski definition) is 2. The number of methoxy groups -OCH3 is 1. The summed E-state index contributed by atoms with van der Waals surface area (Å²) in [4.78, 5) is 12.3. The molecule has 128 valence electrons. The number of ether oxygens (including phenoxy) is 1. The van der Waals surface area contributed by atoms with Crippen LogP contribution in [0.2, 0.25) is 0 Å². The minimum absolute atomic E-state index is 0.0444. The first-order valence-corrected chi connectivity index (χ1v) is 8.54. The Kier molecular flexibility index (Phi) is 5.34. The maximum Gasteiger partial charge on any atom is 0.224 e. The first kappa shape index (κ1) is 17.0. The zero-order chi connectivity index (χ0) is 17.6. The van der Waals surface area contributed by atoms with E-state index in [2.05, 4.69) is 36.5 Å². The van der Waals surface area contributed by atoms with Gasteiger partial charge in [0.2, 0.25) is 5.91 Å². The Morgan fingerprint density at radius 3 is 2.64 bits per heavy atom. The quantitative estimate of drug-likeness (QED) is 0.739. The normalized spacial score (nSPS) is 10.6. The van der Waals surface area contributed by atoms with Crippen LogP contribution < -0.4 is 10.1 Å². The van der Waals surface area contributed by atoms with Gasteiger partial charge in [0.25, 0.3) is 0 Å². The van der Waals surface area contributed by atoms with Crippen LogP contribution in [0.25, 0.3) is 10.8 Å². The molecular formula is C22H23NO2. The van der Waals surface area contributed by atoms with Crippen LogP contribution in [0.4, 0.5) is 0 Å². The Morgan fingerprint density at radius 1 is 1.00 bits per heavy atom. The highest BCUT2D eigenvalue weighted by Gasteiger charge is 2.08. The number of benzene rings is 3. The van der Waals surface area contributed by atoms with Crippen molar-refractivity contribution < 1.29 is 9.53 Å². The lowest BCUT2D eigenvalue weighted by atomic mass is 10.0. The summed E-state index contributed by atoms with van der Waals surface area (Å²) >= 11 is 0. The van der Waals surface area contributed by atoms with Crippen LogP contribution in [-0.2, 0) is 17.6 Å². The van der Waals surface area contributed by atoms with E-state index in [0.29, 0.717) is 13.0 Å². The molecule has 1 N–H and O–H groups in total. The van der Waals surface area contributed by atoms with E-state index >= 15 is 0 Å². The largest absolute Gasteiger partial charge is 0.496 e. The molecule has 0 atom stereocenters. The van der Waals surface area contributed by atoms with E-state index in [9.17, 15) is 4.79 Å². The van der Waals surface area contributed by atoms with Crippen molar-refractivity contribution in [2.24, 2.45) is 0 Å². The van der Waals surface area contributed by atoms with Crippen LogP contribution in [0.1, 0.15) is 16.7 Å². The highest BCUT2D eigenvalue weighted by molar-refractivity contribution is 5.90. The highest BCUT2D eigenvalue weighted by atomic mass is 16.5. The molecule has 0 saturated carbocycles. The molecule has 3 heteroatoms. The monoisotopic (exact) mass is 333 g/mol. The fourth-order valence-corrected chi connectivity index (χ4v) is 3.12. The predicted octanol–water partition coefficient (Wildman–Crippen LogP) is 4.06. The summed E-state index contributed by atoms with van der Waals surface area (Å²) in [6, 6.07) is 20.4. The van der Waals surface area contributed by atoms with E-state index in [1.165, 1.54) is 5.56 Å². The van der Waals surface area contributed by atoms with Crippen molar-refractivity contribution in [3.8, 4) is 5.75 Å². The lowest BCUT2D eigenvalue weighted by Gasteiger charge is -2.11. The summed E-state index contributed by atoms with van der Waals surface area (Å²) < 4.78 is 5.39. The van der Waals surface area contributed by atoms with Crippen LogP contribution in [0.15, 0.2) is 60.7 Å². The number of hydrogen-bond donors (Lipinski definition) is 1. The number of nitrogens with one attached hydrogen (secondary N) is 1. The summed E-state index contributed by atoms with van der Waals surface area (Å²) in [7, 11) is 1.67. The van der Waals surface area contributed by atoms with Gasteiger partial charge in [0.15, 0.2) is 0 Å². The van der Waals surface area contributed by atoms with Crippen LogP contribution in [0.5, 0.6) is 5.75 Å². The minimum Gasteiger partial charge on any atom is -0.496 e. The second kappa shape index (κ2) is 7.84. The molecule has 0 unspecified atom stereocenters. The van der Waals surface area contributed by atoms with Gasteiger partial charge in [-0.05, 0) is 41.3 Å². The van der Waals surface area contributed by atoms with E-state index in [0.717, 1.165) is 34.1 Å². The van der Waals surface area contributed by atoms with Crippen LogP contribution in [0, 0.1) is 6.92 Å². The minimum atomic E-state index is 0.0444. The molecule has 0 aromatic heterocycles. The van der Waals surface area contributed by atoms with Crippen LogP contribution >= 0.6 is 0 Å². The van der Waals surface area contributed by atoms with Crippen molar-refractivity contribution in [2.75, 3.05) is 13.7 Å². The van der Waals surface area contributed by atoms with Gasteiger partial charge in [-0.2, -0.15) is 0 Å². The molecule has 25 heavy (non-hydrogen) atoms. The predicted molar refractivity (Wildman–Crippen MR) is 102 cm³/mol. The topological polar surface area (TPSA) is 38.3 Å². The van der Waals surface area contributed by atoms with Gasteiger partial charge in [-0.1, -0.05) is 60.2 Å². The Morgan fingerprint density at radius 2 is 1.80 bits per heavy atom. The van der Waals surface area contributed by atoms with Crippen LogP contribution in [0.3, 0.4) is 0 Å². The summed E-state index contributed by atoms with van der Waals surface area (Å²) in [5.41, 5.74) is 3.37. The van der Waals surface area contributed by atoms with Gasteiger partial charge in [-0.3, -0.25) is 4.79 Å². The fraction of sp³-hybridized carbons (Fsp3) is 0.227. The Balaban J connectivity index is 1.61. The molecule has 0 aliphatic heterocycles. The molecule has 0 bridgehead atoms. The van der Waals surface area contributed by atoms with Crippen molar-refractivity contribution in [1.29, 1.82) is 0 Å². The number of rotatable bonds is 6. The second-order valence-corrected chi connectivity index (χ2v) is 6.23. The van der Waals surface area contributed by atoms with E-state index in [1.54, 1.807) is 7.11 Å². The molecule has 0 heterocycles. The van der Waals surface area contributed by atoms with Gasteiger partial charge in [0, 0.05) is 6.54 Å². The van der Waals surface area contributed by atoms with Crippen molar-refractivity contribution in [1.82, 2.24) is 5.32 Å². The van der Waals surface area contributed by atoms with Crippen molar-refractivity contribution in [2.45, 2.75) is 19.8 Å². The summed E-state index contributed by atoms with van der Waals surface area (Å²) in [5, 5.41) is 5.32. The second-order valence-electron chi connectivity index (χ2n) is 6.23. The number of aryl methyl sites for hydroxylation is 1. The summed E-state index contributed by atoms with van der Waals surface area (Å²) in [6.07, 6.45) is 1.15. The highest BCUT2D eigenvalue weighted by Crippen LogP contribution is 2.20. The molecule has 0 fully saturated rings. The molecule has 3 aromatic carbocycles. The zero-order valence-corrected chi connectivity index (χ0v) is 14.7. The standard InChI is InChI=1S/C22H23NO2/c1-16-10-11-21(25-2)19(14-16)12-13-23-22(24)15-18-8-5-7-17-6-3-4-9-20(17)18/h3-11,14H,12-13,15H2,1-2H3,(H,23,24). The summed E-state index contributed by atoms with van der Waals surface area (Å²) in [6.45, 7) is 2.66.